The predicted molar refractivity (Wildman–Crippen MR) is 111 cm³/mol. The molecule has 0 amide bonds. The molecular formula is C21H29N5O2. The van der Waals surface area contributed by atoms with Crippen molar-refractivity contribution in [1.82, 2.24) is 15.2 Å². The lowest BCUT2D eigenvalue weighted by molar-refractivity contribution is 0.260. The quantitative estimate of drug-likeness (QED) is 0.532. The first-order valence-electron chi connectivity index (χ1n) is 9.59. The number of rotatable bonds is 8. The minimum atomic E-state index is 0.486. The molecule has 0 fully saturated rings. The number of nitrogens with one attached hydrogen (secondary N) is 1. The number of aliphatic imine (C=N–C) groups is 1. The lowest BCUT2D eigenvalue weighted by Gasteiger charge is -2.29. The van der Waals surface area contributed by atoms with Crippen LogP contribution in [0.15, 0.2) is 41.5 Å². The summed E-state index contributed by atoms with van der Waals surface area (Å²) in [6.07, 6.45) is 3.62. The summed E-state index contributed by atoms with van der Waals surface area (Å²) in [5, 5.41) is 3.15. The van der Waals surface area contributed by atoms with Crippen molar-refractivity contribution in [3.63, 3.8) is 0 Å². The molecule has 0 unspecified atom stereocenters. The van der Waals surface area contributed by atoms with Crippen LogP contribution in [-0.2, 0) is 19.4 Å². The van der Waals surface area contributed by atoms with Crippen LogP contribution in [0.25, 0.3) is 0 Å². The van der Waals surface area contributed by atoms with Gasteiger partial charge in [-0.2, -0.15) is 0 Å². The molecular weight excluding hydrogens is 354 g/mol. The third-order valence-corrected chi connectivity index (χ3v) is 4.91. The van der Waals surface area contributed by atoms with Crippen LogP contribution in [0.4, 0.5) is 0 Å². The number of nitrogens with zero attached hydrogens (tertiary/aromatic N) is 3. The topological polar surface area (TPSA) is 85.0 Å². The molecule has 2 heterocycles. The van der Waals surface area contributed by atoms with Gasteiger partial charge in [0.2, 0.25) is 0 Å². The molecule has 0 radical (unpaired) electrons. The molecule has 3 N–H and O–H groups in total. The molecule has 7 nitrogen and oxygen atoms in total. The SMILES string of the molecule is COc1cc2c(cc1OC)CN(CCN=C(N)NCCc1ccccn1)CC2. The standard InChI is InChI=1S/C21H29N5O2/c1-27-19-13-16-7-11-26(15-17(16)14-20(19)28-2)12-10-25-21(22)24-9-6-18-5-3-4-8-23-18/h3-5,8,13-14H,6-7,9-12,15H2,1-2H3,(H3,22,24,25). The zero-order valence-corrected chi connectivity index (χ0v) is 16.6. The van der Waals surface area contributed by atoms with Gasteiger partial charge in [0.05, 0.1) is 20.8 Å². The highest BCUT2D eigenvalue weighted by Crippen LogP contribution is 2.33. The van der Waals surface area contributed by atoms with E-state index in [2.05, 4.69) is 32.3 Å². The Morgan fingerprint density at radius 1 is 1.21 bits per heavy atom. The highest BCUT2D eigenvalue weighted by molar-refractivity contribution is 5.77. The van der Waals surface area contributed by atoms with Gasteiger partial charge in [-0.25, -0.2) is 0 Å². The molecule has 7 heteroatoms. The van der Waals surface area contributed by atoms with Gasteiger partial charge in [0.1, 0.15) is 0 Å². The normalized spacial score (nSPS) is 14.4. The molecule has 150 valence electrons. The van der Waals surface area contributed by atoms with Gasteiger partial charge in [-0.05, 0) is 41.8 Å². The number of hydrogen-bond acceptors (Lipinski definition) is 5. The molecule has 1 aromatic carbocycles. The minimum Gasteiger partial charge on any atom is -0.493 e. The molecule has 3 rings (SSSR count). The van der Waals surface area contributed by atoms with E-state index in [-0.39, 0.29) is 0 Å². The van der Waals surface area contributed by atoms with E-state index in [1.807, 2.05) is 18.2 Å². The van der Waals surface area contributed by atoms with E-state index < -0.39 is 0 Å². The number of hydrogen-bond donors (Lipinski definition) is 2. The Bertz CT molecular complexity index is 795. The summed E-state index contributed by atoms with van der Waals surface area (Å²) in [7, 11) is 3.34. The van der Waals surface area contributed by atoms with Gasteiger partial charge >= 0.3 is 0 Å². The Kier molecular flexibility index (Phi) is 7.08. The molecule has 28 heavy (non-hydrogen) atoms. The fourth-order valence-corrected chi connectivity index (χ4v) is 3.36. The van der Waals surface area contributed by atoms with E-state index in [0.717, 1.165) is 56.2 Å². The Morgan fingerprint density at radius 3 is 2.71 bits per heavy atom. The third kappa shape index (κ3) is 5.36. The maximum atomic E-state index is 5.97. The van der Waals surface area contributed by atoms with E-state index in [0.29, 0.717) is 12.5 Å². The minimum absolute atomic E-state index is 0.486. The summed E-state index contributed by atoms with van der Waals surface area (Å²) < 4.78 is 10.8. The average molecular weight is 383 g/mol. The zero-order valence-electron chi connectivity index (χ0n) is 16.6. The van der Waals surface area contributed by atoms with Crippen molar-refractivity contribution in [2.45, 2.75) is 19.4 Å². The van der Waals surface area contributed by atoms with Crippen LogP contribution >= 0.6 is 0 Å². The van der Waals surface area contributed by atoms with Crippen molar-refractivity contribution in [1.29, 1.82) is 0 Å². The number of benzene rings is 1. The summed E-state index contributed by atoms with van der Waals surface area (Å²) in [5.41, 5.74) is 9.63. The number of methoxy groups -OCH3 is 2. The lowest BCUT2D eigenvalue weighted by atomic mass is 9.99. The van der Waals surface area contributed by atoms with Gasteiger partial charge in [0.15, 0.2) is 17.5 Å². The number of ether oxygens (including phenoxy) is 2. The molecule has 0 saturated carbocycles. The fraction of sp³-hybridized carbons (Fsp3) is 0.429. The average Bonchev–Trinajstić information content (AvgIpc) is 2.73. The second kappa shape index (κ2) is 9.94. The second-order valence-corrected chi connectivity index (χ2v) is 6.77. The Labute approximate surface area is 166 Å². The first kappa shape index (κ1) is 19.9. The first-order chi connectivity index (χ1) is 13.7. The van der Waals surface area contributed by atoms with Crippen LogP contribution in [-0.4, -0.2) is 56.2 Å². The predicted octanol–water partition coefficient (Wildman–Crippen LogP) is 1.60. The van der Waals surface area contributed by atoms with E-state index in [4.69, 9.17) is 15.2 Å². The monoisotopic (exact) mass is 383 g/mol. The fourth-order valence-electron chi connectivity index (χ4n) is 3.36. The smallest absolute Gasteiger partial charge is 0.188 e. The van der Waals surface area contributed by atoms with Crippen LogP contribution < -0.4 is 20.5 Å². The van der Waals surface area contributed by atoms with Gasteiger partial charge in [0, 0.05) is 44.5 Å². The molecule has 0 saturated heterocycles. The van der Waals surface area contributed by atoms with Crippen LogP contribution in [0.1, 0.15) is 16.8 Å². The molecule has 0 aliphatic carbocycles. The highest BCUT2D eigenvalue weighted by Gasteiger charge is 2.19. The maximum absolute atomic E-state index is 5.97. The van der Waals surface area contributed by atoms with Crippen molar-refractivity contribution in [3.05, 3.63) is 53.3 Å². The van der Waals surface area contributed by atoms with Crippen LogP contribution in [0.5, 0.6) is 11.5 Å². The number of nitrogens with two attached hydrogens (primary N) is 1. The number of guanidine groups is 1. The molecule has 2 aromatic rings. The van der Waals surface area contributed by atoms with Crippen molar-refractivity contribution in [2.24, 2.45) is 10.7 Å². The molecule has 1 aliphatic heterocycles. The number of pyridine rings is 1. The highest BCUT2D eigenvalue weighted by atomic mass is 16.5. The van der Waals surface area contributed by atoms with Gasteiger partial charge in [-0.3, -0.25) is 14.9 Å². The Morgan fingerprint density at radius 2 is 2.00 bits per heavy atom. The molecule has 0 bridgehead atoms. The van der Waals surface area contributed by atoms with Crippen molar-refractivity contribution in [2.75, 3.05) is 40.4 Å². The lowest BCUT2D eigenvalue weighted by Crippen LogP contribution is -2.36. The van der Waals surface area contributed by atoms with Crippen molar-refractivity contribution < 1.29 is 9.47 Å². The maximum Gasteiger partial charge on any atom is 0.188 e. The third-order valence-electron chi connectivity index (χ3n) is 4.91. The van der Waals surface area contributed by atoms with Gasteiger partial charge in [-0.15, -0.1) is 0 Å². The van der Waals surface area contributed by atoms with E-state index in [9.17, 15) is 0 Å². The van der Waals surface area contributed by atoms with E-state index in [1.165, 1.54) is 11.1 Å². The van der Waals surface area contributed by atoms with Crippen molar-refractivity contribution >= 4 is 5.96 Å². The second-order valence-electron chi connectivity index (χ2n) is 6.77. The molecule has 0 spiro atoms. The number of fused-ring (bicyclic) bond motifs is 1. The Balaban J connectivity index is 1.44. The first-order valence-corrected chi connectivity index (χ1v) is 9.59. The van der Waals surface area contributed by atoms with Crippen LogP contribution in [0.2, 0.25) is 0 Å². The van der Waals surface area contributed by atoms with Gasteiger partial charge in [-0.1, -0.05) is 6.07 Å². The summed E-state index contributed by atoms with van der Waals surface area (Å²) in [4.78, 5) is 11.1. The van der Waals surface area contributed by atoms with Crippen LogP contribution in [0, 0.1) is 0 Å². The largest absolute Gasteiger partial charge is 0.493 e. The summed E-state index contributed by atoms with van der Waals surface area (Å²) >= 11 is 0. The molecule has 0 atom stereocenters. The molecule has 1 aliphatic rings. The number of aromatic nitrogens is 1. The van der Waals surface area contributed by atoms with Crippen LogP contribution in [0.3, 0.4) is 0 Å². The molecule has 1 aromatic heterocycles. The van der Waals surface area contributed by atoms with E-state index >= 15 is 0 Å². The van der Waals surface area contributed by atoms with Gasteiger partial charge in [0.25, 0.3) is 0 Å². The van der Waals surface area contributed by atoms with Gasteiger partial charge < -0.3 is 20.5 Å². The zero-order chi connectivity index (χ0) is 19.8. The summed E-state index contributed by atoms with van der Waals surface area (Å²) in [6, 6.07) is 10.1. The Hall–Kier alpha value is -2.80. The van der Waals surface area contributed by atoms with E-state index in [1.54, 1.807) is 20.4 Å². The summed E-state index contributed by atoms with van der Waals surface area (Å²) in [5.74, 6) is 2.06. The summed E-state index contributed by atoms with van der Waals surface area (Å²) in [6.45, 7) is 4.16. The van der Waals surface area contributed by atoms with Crippen molar-refractivity contribution in [3.8, 4) is 11.5 Å².